The van der Waals surface area contributed by atoms with Gasteiger partial charge in [0.1, 0.15) is 5.75 Å². The topological polar surface area (TPSA) is 24.5 Å². The number of ether oxygens (including phenoxy) is 1. The summed E-state index contributed by atoms with van der Waals surface area (Å²) in [5.74, 6) is 0.894. The van der Waals surface area contributed by atoms with Gasteiger partial charge in [0.2, 0.25) is 0 Å². The lowest BCUT2D eigenvalue weighted by Crippen LogP contribution is -2.16. The molecule has 20 heavy (non-hydrogen) atoms. The zero-order valence-corrected chi connectivity index (χ0v) is 12.0. The number of hydrogen-bond donors (Lipinski definition) is 1. The molecular formula is C17H20N2O. The number of benzene rings is 2. The highest BCUT2D eigenvalue weighted by Gasteiger charge is 2.11. The van der Waals surface area contributed by atoms with Crippen LogP contribution in [-0.2, 0) is 19.6 Å². The van der Waals surface area contributed by atoms with E-state index in [0.717, 1.165) is 25.4 Å². The third-order valence-electron chi connectivity index (χ3n) is 3.83. The molecule has 0 atom stereocenters. The van der Waals surface area contributed by atoms with E-state index in [1.54, 1.807) is 7.11 Å². The van der Waals surface area contributed by atoms with Crippen molar-refractivity contribution in [3.63, 3.8) is 0 Å². The van der Waals surface area contributed by atoms with Gasteiger partial charge in [0.25, 0.3) is 0 Å². The van der Waals surface area contributed by atoms with E-state index in [2.05, 4.69) is 47.6 Å². The number of fused-ring (bicyclic) bond motifs is 1. The van der Waals surface area contributed by atoms with Gasteiger partial charge in [0.15, 0.2) is 0 Å². The summed E-state index contributed by atoms with van der Waals surface area (Å²) >= 11 is 0. The van der Waals surface area contributed by atoms with Gasteiger partial charge in [-0.15, -0.1) is 0 Å². The molecule has 1 N–H and O–H groups in total. The molecule has 3 nitrogen and oxygen atoms in total. The number of nitrogens with one attached hydrogen (secondary N) is 1. The predicted octanol–water partition coefficient (Wildman–Crippen LogP) is 2.93. The lowest BCUT2D eigenvalue weighted by Gasteiger charge is -2.20. The van der Waals surface area contributed by atoms with Gasteiger partial charge >= 0.3 is 0 Å². The molecule has 0 aromatic heterocycles. The molecule has 0 amide bonds. The Kier molecular flexibility index (Phi) is 3.61. The normalized spacial score (nSPS) is 13.1. The molecule has 1 heterocycles. The van der Waals surface area contributed by atoms with Crippen LogP contribution in [0.4, 0.5) is 5.69 Å². The Morgan fingerprint density at radius 2 is 1.80 bits per heavy atom. The number of rotatable bonds is 4. The fourth-order valence-corrected chi connectivity index (χ4v) is 2.65. The van der Waals surface area contributed by atoms with Crippen molar-refractivity contribution >= 4 is 5.69 Å². The van der Waals surface area contributed by atoms with E-state index in [0.29, 0.717) is 0 Å². The van der Waals surface area contributed by atoms with Crippen LogP contribution >= 0.6 is 0 Å². The molecule has 0 unspecified atom stereocenters. The zero-order valence-electron chi connectivity index (χ0n) is 12.0. The Labute approximate surface area is 120 Å². The first kappa shape index (κ1) is 13.0. The molecule has 2 aromatic carbocycles. The average molecular weight is 268 g/mol. The smallest absolute Gasteiger partial charge is 0.119 e. The van der Waals surface area contributed by atoms with Crippen LogP contribution in [0, 0.1) is 0 Å². The highest BCUT2D eigenvalue weighted by Crippen LogP contribution is 2.22. The van der Waals surface area contributed by atoms with Gasteiger partial charge in [0.05, 0.1) is 7.11 Å². The third kappa shape index (κ3) is 2.63. The third-order valence-corrected chi connectivity index (χ3v) is 3.83. The van der Waals surface area contributed by atoms with Crippen molar-refractivity contribution in [2.45, 2.75) is 19.6 Å². The maximum Gasteiger partial charge on any atom is 0.119 e. The summed E-state index contributed by atoms with van der Waals surface area (Å²) in [7, 11) is 3.81. The molecule has 0 spiro atoms. The van der Waals surface area contributed by atoms with Crippen LogP contribution in [-0.4, -0.2) is 14.2 Å². The minimum absolute atomic E-state index is 0.894. The summed E-state index contributed by atoms with van der Waals surface area (Å²) in [5, 5.41) is 3.39. The monoisotopic (exact) mass is 268 g/mol. The summed E-state index contributed by atoms with van der Waals surface area (Å²) in [6, 6.07) is 15.0. The first-order valence-electron chi connectivity index (χ1n) is 6.93. The Hall–Kier alpha value is -2.00. The van der Waals surface area contributed by atoms with E-state index in [4.69, 9.17) is 4.74 Å². The maximum atomic E-state index is 5.19. The largest absolute Gasteiger partial charge is 0.497 e. The van der Waals surface area contributed by atoms with E-state index in [-0.39, 0.29) is 0 Å². The van der Waals surface area contributed by atoms with Crippen molar-refractivity contribution in [3.8, 4) is 5.75 Å². The van der Waals surface area contributed by atoms with Gasteiger partial charge in [-0.05, 0) is 41.0 Å². The summed E-state index contributed by atoms with van der Waals surface area (Å²) in [6.07, 6.45) is 0. The maximum absolute atomic E-state index is 5.19. The second-order valence-corrected chi connectivity index (χ2v) is 5.26. The Morgan fingerprint density at radius 1 is 1.05 bits per heavy atom. The van der Waals surface area contributed by atoms with E-state index < -0.39 is 0 Å². The van der Waals surface area contributed by atoms with E-state index >= 15 is 0 Å². The van der Waals surface area contributed by atoms with Gasteiger partial charge in [-0.3, -0.25) is 0 Å². The van der Waals surface area contributed by atoms with Gasteiger partial charge < -0.3 is 15.0 Å². The van der Waals surface area contributed by atoms with Crippen LogP contribution < -0.4 is 15.0 Å². The Bertz CT molecular complexity index is 592. The zero-order chi connectivity index (χ0) is 13.9. The molecule has 0 saturated carbocycles. The van der Waals surface area contributed by atoms with E-state index in [1.165, 1.54) is 22.4 Å². The van der Waals surface area contributed by atoms with Gasteiger partial charge in [-0.2, -0.15) is 0 Å². The SMILES string of the molecule is COc1ccc(N(C)Cc2ccc3c(c2)CNC3)cc1. The molecule has 0 radical (unpaired) electrons. The second-order valence-electron chi connectivity index (χ2n) is 5.26. The summed E-state index contributed by atoms with van der Waals surface area (Å²) in [4.78, 5) is 2.25. The fraction of sp³-hybridized carbons (Fsp3) is 0.294. The number of nitrogens with zero attached hydrogens (tertiary/aromatic N) is 1. The van der Waals surface area contributed by atoms with Crippen molar-refractivity contribution < 1.29 is 4.74 Å². The van der Waals surface area contributed by atoms with Crippen LogP contribution in [0.1, 0.15) is 16.7 Å². The average Bonchev–Trinajstić information content (AvgIpc) is 2.95. The van der Waals surface area contributed by atoms with Crippen LogP contribution in [0.25, 0.3) is 0 Å². The van der Waals surface area contributed by atoms with Crippen molar-refractivity contribution in [1.29, 1.82) is 0 Å². The van der Waals surface area contributed by atoms with Gasteiger partial charge in [-0.1, -0.05) is 18.2 Å². The van der Waals surface area contributed by atoms with Crippen LogP contribution in [0.2, 0.25) is 0 Å². The molecule has 2 aromatic rings. The first-order chi connectivity index (χ1) is 9.76. The molecular weight excluding hydrogens is 248 g/mol. The van der Waals surface area contributed by atoms with Crippen LogP contribution in [0.15, 0.2) is 42.5 Å². The number of hydrogen-bond acceptors (Lipinski definition) is 3. The minimum Gasteiger partial charge on any atom is -0.497 e. The lowest BCUT2D eigenvalue weighted by atomic mass is 10.1. The number of anilines is 1. The second kappa shape index (κ2) is 5.55. The number of methoxy groups -OCH3 is 1. The molecule has 3 rings (SSSR count). The molecule has 0 aliphatic carbocycles. The van der Waals surface area contributed by atoms with Crippen molar-refractivity contribution in [2.75, 3.05) is 19.1 Å². The fourth-order valence-electron chi connectivity index (χ4n) is 2.65. The van der Waals surface area contributed by atoms with E-state index in [1.807, 2.05) is 12.1 Å². The standard InChI is InChI=1S/C17H20N2O/c1-19(16-5-7-17(20-2)8-6-16)12-13-3-4-14-10-18-11-15(14)9-13/h3-9,18H,10-12H2,1-2H3. The molecule has 0 fully saturated rings. The Morgan fingerprint density at radius 3 is 2.55 bits per heavy atom. The minimum atomic E-state index is 0.894. The van der Waals surface area contributed by atoms with Crippen molar-refractivity contribution in [1.82, 2.24) is 5.32 Å². The lowest BCUT2D eigenvalue weighted by molar-refractivity contribution is 0.415. The summed E-state index contributed by atoms with van der Waals surface area (Å²) < 4.78 is 5.19. The highest BCUT2D eigenvalue weighted by molar-refractivity contribution is 5.49. The molecule has 1 aliphatic heterocycles. The molecule has 3 heteroatoms. The highest BCUT2D eigenvalue weighted by atomic mass is 16.5. The Balaban J connectivity index is 1.73. The van der Waals surface area contributed by atoms with Crippen LogP contribution in [0.3, 0.4) is 0 Å². The first-order valence-corrected chi connectivity index (χ1v) is 6.93. The molecule has 0 bridgehead atoms. The predicted molar refractivity (Wildman–Crippen MR) is 82.1 cm³/mol. The molecule has 1 aliphatic rings. The van der Waals surface area contributed by atoms with Gasteiger partial charge in [0, 0.05) is 32.4 Å². The summed E-state index contributed by atoms with van der Waals surface area (Å²) in [5.41, 5.74) is 5.42. The van der Waals surface area contributed by atoms with E-state index in [9.17, 15) is 0 Å². The molecule has 104 valence electrons. The summed E-state index contributed by atoms with van der Waals surface area (Å²) in [6.45, 7) is 2.92. The molecule has 0 saturated heterocycles. The van der Waals surface area contributed by atoms with Crippen molar-refractivity contribution in [2.24, 2.45) is 0 Å². The van der Waals surface area contributed by atoms with Gasteiger partial charge in [-0.25, -0.2) is 0 Å². The quantitative estimate of drug-likeness (QED) is 0.922. The van der Waals surface area contributed by atoms with Crippen LogP contribution in [0.5, 0.6) is 5.75 Å². The van der Waals surface area contributed by atoms with Crippen molar-refractivity contribution in [3.05, 3.63) is 59.2 Å².